The second-order valence-corrected chi connectivity index (χ2v) is 8.73. The van der Waals surface area contributed by atoms with Crippen LogP contribution < -0.4 is 5.32 Å². The maximum absolute atomic E-state index is 12.1. The summed E-state index contributed by atoms with van der Waals surface area (Å²) in [5.41, 5.74) is 1.74. The molecule has 0 aromatic carbocycles. The third kappa shape index (κ3) is 3.74. The van der Waals surface area contributed by atoms with Crippen molar-refractivity contribution in [3.63, 3.8) is 0 Å². The fraction of sp³-hybridized carbons (Fsp3) is 0.125. The molecule has 0 fully saturated rings. The topological polar surface area (TPSA) is 67.8 Å². The molecule has 0 aliphatic rings. The van der Waals surface area contributed by atoms with E-state index in [9.17, 15) is 4.79 Å². The smallest absolute Gasteiger partial charge is 0.230 e. The molecule has 4 heterocycles. The van der Waals surface area contributed by atoms with Crippen LogP contribution in [0, 0.1) is 0 Å². The standard InChI is InChI=1S/C16H12N4OS4/c21-12(17-7-10-3-1-5-22-10)8-24-16-15-14(18-9-19-16)13(20-25-15)11-4-2-6-23-11/h1-6,9H,7-8H2,(H,17,21). The molecule has 9 heteroatoms. The van der Waals surface area contributed by atoms with Crippen LogP contribution in [0.25, 0.3) is 20.8 Å². The van der Waals surface area contributed by atoms with Crippen molar-refractivity contribution in [2.75, 3.05) is 5.75 Å². The van der Waals surface area contributed by atoms with Crippen LogP contribution in [0.3, 0.4) is 0 Å². The molecule has 0 spiro atoms. The highest BCUT2D eigenvalue weighted by molar-refractivity contribution is 8.00. The molecule has 0 atom stereocenters. The summed E-state index contributed by atoms with van der Waals surface area (Å²) in [7, 11) is 0. The van der Waals surface area contributed by atoms with Crippen molar-refractivity contribution in [3.05, 3.63) is 46.2 Å². The number of thioether (sulfide) groups is 1. The number of carbonyl (C=O) groups is 1. The van der Waals surface area contributed by atoms with E-state index in [4.69, 9.17) is 0 Å². The highest BCUT2D eigenvalue weighted by Crippen LogP contribution is 2.35. The van der Waals surface area contributed by atoms with Gasteiger partial charge in [-0.2, -0.15) is 4.37 Å². The highest BCUT2D eigenvalue weighted by atomic mass is 32.2. The van der Waals surface area contributed by atoms with Crippen molar-refractivity contribution in [1.29, 1.82) is 0 Å². The molecule has 0 unspecified atom stereocenters. The lowest BCUT2D eigenvalue weighted by Gasteiger charge is -2.04. The van der Waals surface area contributed by atoms with Crippen molar-refractivity contribution in [1.82, 2.24) is 19.7 Å². The number of hydrogen-bond donors (Lipinski definition) is 1. The Morgan fingerprint density at radius 2 is 2.04 bits per heavy atom. The van der Waals surface area contributed by atoms with E-state index in [1.165, 1.54) is 23.3 Å². The van der Waals surface area contributed by atoms with Gasteiger partial charge in [-0.05, 0) is 34.4 Å². The van der Waals surface area contributed by atoms with Gasteiger partial charge in [-0.25, -0.2) is 9.97 Å². The van der Waals surface area contributed by atoms with Crippen LogP contribution in [0.5, 0.6) is 0 Å². The van der Waals surface area contributed by atoms with Gasteiger partial charge in [-0.1, -0.05) is 23.9 Å². The first-order valence-corrected chi connectivity index (χ1v) is 10.9. The fourth-order valence-electron chi connectivity index (χ4n) is 2.20. The van der Waals surface area contributed by atoms with E-state index < -0.39 is 0 Å². The zero-order chi connectivity index (χ0) is 17.1. The third-order valence-electron chi connectivity index (χ3n) is 3.36. The first-order valence-electron chi connectivity index (χ1n) is 7.37. The normalized spacial score (nSPS) is 11.0. The quantitative estimate of drug-likeness (QED) is 0.384. The molecule has 4 rings (SSSR count). The van der Waals surface area contributed by atoms with E-state index >= 15 is 0 Å². The molecule has 1 amide bonds. The zero-order valence-corrected chi connectivity index (χ0v) is 16.1. The number of amides is 1. The summed E-state index contributed by atoms with van der Waals surface area (Å²) in [6, 6.07) is 8.02. The van der Waals surface area contributed by atoms with Gasteiger partial charge >= 0.3 is 0 Å². The summed E-state index contributed by atoms with van der Waals surface area (Å²) in [5, 5.41) is 7.76. The van der Waals surface area contributed by atoms with Crippen molar-refractivity contribution in [2.45, 2.75) is 11.6 Å². The predicted molar refractivity (Wildman–Crippen MR) is 105 cm³/mol. The number of fused-ring (bicyclic) bond motifs is 1. The minimum absolute atomic E-state index is 0.00634. The predicted octanol–water partition coefficient (Wildman–Crippen LogP) is 4.28. The van der Waals surface area contributed by atoms with Gasteiger partial charge in [0.1, 0.15) is 27.3 Å². The van der Waals surface area contributed by atoms with Gasteiger partial charge in [0, 0.05) is 4.88 Å². The first kappa shape index (κ1) is 16.6. The van der Waals surface area contributed by atoms with Crippen LogP contribution in [0.15, 0.2) is 46.4 Å². The SMILES string of the molecule is O=C(CSc1ncnc2c(-c3cccs3)nsc12)NCc1cccs1. The molecule has 1 N–H and O–H groups in total. The molecule has 0 radical (unpaired) electrons. The molecule has 0 aliphatic heterocycles. The summed E-state index contributed by atoms with van der Waals surface area (Å²) in [5.74, 6) is 0.317. The number of nitrogens with zero attached hydrogens (tertiary/aromatic N) is 3. The maximum Gasteiger partial charge on any atom is 0.230 e. The average molecular weight is 405 g/mol. The summed E-state index contributed by atoms with van der Waals surface area (Å²) in [6.07, 6.45) is 1.54. The van der Waals surface area contributed by atoms with Crippen LogP contribution in [-0.2, 0) is 11.3 Å². The minimum atomic E-state index is -0.00634. The van der Waals surface area contributed by atoms with Crippen LogP contribution in [0.4, 0.5) is 0 Å². The lowest BCUT2D eigenvalue weighted by atomic mass is 10.3. The van der Waals surface area contributed by atoms with E-state index in [2.05, 4.69) is 19.7 Å². The summed E-state index contributed by atoms with van der Waals surface area (Å²) in [6.45, 7) is 0.569. The largest absolute Gasteiger partial charge is 0.350 e. The van der Waals surface area contributed by atoms with E-state index in [0.29, 0.717) is 12.3 Å². The molecule has 0 saturated heterocycles. The molecule has 0 aliphatic carbocycles. The van der Waals surface area contributed by atoms with E-state index in [-0.39, 0.29) is 5.91 Å². The van der Waals surface area contributed by atoms with E-state index in [0.717, 1.165) is 30.7 Å². The molecule has 4 aromatic rings. The summed E-state index contributed by atoms with van der Waals surface area (Å²) in [4.78, 5) is 23.0. The molecule has 4 aromatic heterocycles. The van der Waals surface area contributed by atoms with Gasteiger partial charge in [-0.3, -0.25) is 4.79 Å². The monoisotopic (exact) mass is 404 g/mol. The van der Waals surface area contributed by atoms with Crippen molar-refractivity contribution < 1.29 is 4.79 Å². The van der Waals surface area contributed by atoms with Crippen LogP contribution >= 0.6 is 46.0 Å². The molecule has 126 valence electrons. The molecular weight excluding hydrogens is 392 g/mol. The van der Waals surface area contributed by atoms with Crippen molar-refractivity contribution in [2.24, 2.45) is 0 Å². The summed E-state index contributed by atoms with van der Waals surface area (Å²) >= 11 is 6.08. The molecular formula is C16H12N4OS4. The number of thiophene rings is 2. The van der Waals surface area contributed by atoms with E-state index in [1.54, 1.807) is 29.0 Å². The Morgan fingerprint density at radius 1 is 1.16 bits per heavy atom. The zero-order valence-electron chi connectivity index (χ0n) is 12.8. The lowest BCUT2D eigenvalue weighted by Crippen LogP contribution is -2.24. The molecule has 25 heavy (non-hydrogen) atoms. The lowest BCUT2D eigenvalue weighted by molar-refractivity contribution is -0.118. The fourth-order valence-corrected chi connectivity index (χ4v) is 5.36. The molecule has 0 bridgehead atoms. The first-order chi connectivity index (χ1) is 12.3. The Kier molecular flexibility index (Phi) is 5.07. The van der Waals surface area contributed by atoms with Gasteiger partial charge in [-0.15, -0.1) is 22.7 Å². The Balaban J connectivity index is 1.45. The van der Waals surface area contributed by atoms with Crippen LogP contribution in [-0.4, -0.2) is 26.0 Å². The van der Waals surface area contributed by atoms with Crippen molar-refractivity contribution in [3.8, 4) is 10.6 Å². The second-order valence-electron chi connectivity index (χ2n) is 5.01. The van der Waals surface area contributed by atoms with E-state index in [1.807, 2.05) is 35.0 Å². The Morgan fingerprint density at radius 3 is 2.84 bits per heavy atom. The summed E-state index contributed by atoms with van der Waals surface area (Å²) < 4.78 is 5.47. The highest BCUT2D eigenvalue weighted by Gasteiger charge is 2.15. The third-order valence-corrected chi connectivity index (χ3v) is 7.07. The number of carbonyl (C=O) groups excluding carboxylic acids is 1. The van der Waals surface area contributed by atoms with Gasteiger partial charge in [0.15, 0.2) is 0 Å². The number of aromatic nitrogens is 3. The van der Waals surface area contributed by atoms with Gasteiger partial charge in [0.25, 0.3) is 0 Å². The minimum Gasteiger partial charge on any atom is -0.350 e. The van der Waals surface area contributed by atoms with Gasteiger partial charge < -0.3 is 5.32 Å². The Labute approximate surface area is 160 Å². The van der Waals surface area contributed by atoms with Gasteiger partial charge in [0.2, 0.25) is 5.91 Å². The number of nitrogens with one attached hydrogen (secondary N) is 1. The Bertz CT molecular complexity index is 979. The second kappa shape index (κ2) is 7.61. The maximum atomic E-state index is 12.1. The number of hydrogen-bond acceptors (Lipinski definition) is 8. The Hall–Kier alpha value is -1.81. The number of rotatable bonds is 6. The van der Waals surface area contributed by atoms with Crippen LogP contribution in [0.1, 0.15) is 4.88 Å². The van der Waals surface area contributed by atoms with Crippen LogP contribution in [0.2, 0.25) is 0 Å². The average Bonchev–Trinajstić information content (AvgIpc) is 3.38. The van der Waals surface area contributed by atoms with Gasteiger partial charge in [0.05, 0.1) is 17.2 Å². The van der Waals surface area contributed by atoms with Crippen molar-refractivity contribution >= 4 is 62.1 Å². The molecule has 0 saturated carbocycles. The molecule has 5 nitrogen and oxygen atoms in total.